The van der Waals surface area contributed by atoms with Crippen LogP contribution in [-0.4, -0.2) is 5.11 Å². The minimum atomic E-state index is -0.511. The molecule has 1 aromatic carbocycles. The van der Waals surface area contributed by atoms with E-state index in [1.165, 1.54) is 12.1 Å². The van der Waals surface area contributed by atoms with Gasteiger partial charge in [0, 0.05) is 0 Å². The summed E-state index contributed by atoms with van der Waals surface area (Å²) in [7, 11) is 0. The maximum atomic E-state index is 12.8. The highest BCUT2D eigenvalue weighted by molar-refractivity contribution is 5.22. The largest absolute Gasteiger partial charge is 0.388 e. The molecule has 13 heavy (non-hydrogen) atoms. The molecule has 70 valence electrons. The van der Waals surface area contributed by atoms with Crippen LogP contribution in [0.1, 0.15) is 31.4 Å². The number of benzene rings is 1. The Hall–Kier alpha value is -0.890. The van der Waals surface area contributed by atoms with E-state index in [1.54, 1.807) is 12.1 Å². The van der Waals surface area contributed by atoms with Crippen LogP contribution in [0.15, 0.2) is 24.3 Å². The standard InChI is InChI=1S/C11H13FO/c1-11(5-6-11)10(13)8-3-2-4-9(12)7-8/h2-4,7,10,13H,5-6H2,1H3. The minimum absolute atomic E-state index is 0.00616. The lowest BCUT2D eigenvalue weighted by atomic mass is 9.95. The fourth-order valence-electron chi connectivity index (χ4n) is 1.55. The van der Waals surface area contributed by atoms with Gasteiger partial charge in [0.25, 0.3) is 0 Å². The van der Waals surface area contributed by atoms with E-state index in [0.29, 0.717) is 5.56 Å². The summed E-state index contributed by atoms with van der Waals surface area (Å²) in [5, 5.41) is 9.88. The van der Waals surface area contributed by atoms with Gasteiger partial charge in [-0.2, -0.15) is 0 Å². The van der Waals surface area contributed by atoms with Crippen molar-refractivity contribution < 1.29 is 9.50 Å². The topological polar surface area (TPSA) is 20.2 Å². The summed E-state index contributed by atoms with van der Waals surface area (Å²) in [5.41, 5.74) is 0.688. The molecule has 0 spiro atoms. The lowest BCUT2D eigenvalue weighted by Crippen LogP contribution is -2.09. The summed E-state index contributed by atoms with van der Waals surface area (Å²) < 4.78 is 12.8. The Kier molecular flexibility index (Phi) is 1.88. The van der Waals surface area contributed by atoms with Crippen molar-refractivity contribution in [2.45, 2.75) is 25.9 Å². The molecule has 2 heteroatoms. The molecule has 2 rings (SSSR count). The predicted molar refractivity (Wildman–Crippen MR) is 48.7 cm³/mol. The van der Waals surface area contributed by atoms with Gasteiger partial charge < -0.3 is 5.11 Å². The third-order valence-electron chi connectivity index (χ3n) is 2.86. The highest BCUT2D eigenvalue weighted by Crippen LogP contribution is 2.54. The van der Waals surface area contributed by atoms with Crippen molar-refractivity contribution >= 4 is 0 Å². The fourth-order valence-corrected chi connectivity index (χ4v) is 1.55. The average Bonchev–Trinajstić information content (AvgIpc) is 2.84. The van der Waals surface area contributed by atoms with Crippen molar-refractivity contribution in [2.75, 3.05) is 0 Å². The molecule has 1 unspecified atom stereocenters. The van der Waals surface area contributed by atoms with Crippen molar-refractivity contribution in [1.29, 1.82) is 0 Å². The van der Waals surface area contributed by atoms with Gasteiger partial charge in [-0.3, -0.25) is 0 Å². The van der Waals surface area contributed by atoms with E-state index < -0.39 is 6.10 Å². The Labute approximate surface area is 77.2 Å². The lowest BCUT2D eigenvalue weighted by molar-refractivity contribution is 0.103. The smallest absolute Gasteiger partial charge is 0.123 e. The molecule has 1 atom stereocenters. The van der Waals surface area contributed by atoms with Gasteiger partial charge in [-0.15, -0.1) is 0 Å². The zero-order valence-corrected chi connectivity index (χ0v) is 7.63. The Balaban J connectivity index is 2.25. The maximum absolute atomic E-state index is 12.8. The Morgan fingerprint density at radius 2 is 2.15 bits per heavy atom. The first-order valence-corrected chi connectivity index (χ1v) is 4.55. The van der Waals surface area contributed by atoms with Crippen molar-refractivity contribution in [2.24, 2.45) is 5.41 Å². The zero-order valence-electron chi connectivity index (χ0n) is 7.63. The minimum Gasteiger partial charge on any atom is -0.388 e. The molecule has 0 radical (unpaired) electrons. The Morgan fingerprint density at radius 1 is 1.46 bits per heavy atom. The van der Waals surface area contributed by atoms with Gasteiger partial charge in [0.15, 0.2) is 0 Å². The molecule has 1 saturated carbocycles. The SMILES string of the molecule is CC1(C(O)c2cccc(F)c2)CC1. The molecular weight excluding hydrogens is 167 g/mol. The van der Waals surface area contributed by atoms with Crippen LogP contribution in [0.2, 0.25) is 0 Å². The number of rotatable bonds is 2. The molecular formula is C11H13FO. The molecule has 1 aliphatic rings. The highest BCUT2D eigenvalue weighted by atomic mass is 19.1. The van der Waals surface area contributed by atoms with E-state index >= 15 is 0 Å². The van der Waals surface area contributed by atoms with Gasteiger partial charge in [0.05, 0.1) is 6.10 Å². The molecule has 1 aromatic rings. The Bertz CT molecular complexity index is 318. The molecule has 1 N–H and O–H groups in total. The van der Waals surface area contributed by atoms with Crippen LogP contribution in [0, 0.1) is 11.2 Å². The summed E-state index contributed by atoms with van der Waals surface area (Å²) in [4.78, 5) is 0. The summed E-state index contributed by atoms with van der Waals surface area (Å²) in [6, 6.07) is 6.22. The molecule has 0 aliphatic heterocycles. The van der Waals surface area contributed by atoms with Gasteiger partial charge in [0.1, 0.15) is 5.82 Å². The predicted octanol–water partition coefficient (Wildman–Crippen LogP) is 2.66. The zero-order chi connectivity index (χ0) is 9.47. The van der Waals surface area contributed by atoms with Crippen LogP contribution < -0.4 is 0 Å². The third kappa shape index (κ3) is 1.59. The summed E-state index contributed by atoms with van der Waals surface area (Å²) >= 11 is 0. The summed E-state index contributed by atoms with van der Waals surface area (Å²) in [6.45, 7) is 2.03. The average molecular weight is 180 g/mol. The van der Waals surface area contributed by atoms with Crippen molar-refractivity contribution in [3.05, 3.63) is 35.6 Å². The van der Waals surface area contributed by atoms with Gasteiger partial charge in [-0.25, -0.2) is 4.39 Å². The molecule has 1 aliphatic carbocycles. The summed E-state index contributed by atoms with van der Waals surface area (Å²) in [6.07, 6.45) is 1.55. The van der Waals surface area contributed by atoms with E-state index in [2.05, 4.69) is 0 Å². The first kappa shape index (κ1) is 8.70. The van der Waals surface area contributed by atoms with Crippen LogP contribution in [0.25, 0.3) is 0 Å². The van der Waals surface area contributed by atoms with E-state index in [4.69, 9.17) is 0 Å². The third-order valence-corrected chi connectivity index (χ3v) is 2.86. The van der Waals surface area contributed by atoms with Crippen LogP contribution in [0.4, 0.5) is 4.39 Å². The van der Waals surface area contributed by atoms with Crippen LogP contribution >= 0.6 is 0 Å². The van der Waals surface area contributed by atoms with Crippen LogP contribution in [0.3, 0.4) is 0 Å². The van der Waals surface area contributed by atoms with Crippen LogP contribution in [0.5, 0.6) is 0 Å². The van der Waals surface area contributed by atoms with Gasteiger partial charge in [-0.1, -0.05) is 19.1 Å². The fraction of sp³-hybridized carbons (Fsp3) is 0.455. The quantitative estimate of drug-likeness (QED) is 0.741. The van der Waals surface area contributed by atoms with Gasteiger partial charge in [0.2, 0.25) is 0 Å². The van der Waals surface area contributed by atoms with E-state index in [1.807, 2.05) is 6.92 Å². The van der Waals surface area contributed by atoms with E-state index in [-0.39, 0.29) is 11.2 Å². The molecule has 0 bridgehead atoms. The van der Waals surface area contributed by atoms with Crippen molar-refractivity contribution in [1.82, 2.24) is 0 Å². The number of aliphatic hydroxyl groups excluding tert-OH is 1. The molecule has 1 fully saturated rings. The molecule has 0 saturated heterocycles. The van der Waals surface area contributed by atoms with Crippen LogP contribution in [-0.2, 0) is 0 Å². The van der Waals surface area contributed by atoms with Gasteiger partial charge in [-0.05, 0) is 36.0 Å². The lowest BCUT2D eigenvalue weighted by Gasteiger charge is -2.17. The second kappa shape index (κ2) is 2.81. The number of hydrogen-bond donors (Lipinski definition) is 1. The molecule has 0 amide bonds. The van der Waals surface area contributed by atoms with E-state index in [0.717, 1.165) is 12.8 Å². The Morgan fingerprint density at radius 3 is 2.69 bits per heavy atom. The molecule has 1 nitrogen and oxygen atoms in total. The molecule has 0 aromatic heterocycles. The first-order valence-electron chi connectivity index (χ1n) is 4.55. The first-order chi connectivity index (χ1) is 6.12. The number of hydrogen-bond acceptors (Lipinski definition) is 1. The number of aliphatic hydroxyl groups is 1. The normalized spacial score (nSPS) is 21.2. The second-order valence-electron chi connectivity index (χ2n) is 4.11. The van der Waals surface area contributed by atoms with Crippen molar-refractivity contribution in [3.8, 4) is 0 Å². The summed E-state index contributed by atoms with van der Waals surface area (Å²) in [5.74, 6) is -0.277. The number of halogens is 1. The van der Waals surface area contributed by atoms with Gasteiger partial charge >= 0.3 is 0 Å². The highest BCUT2D eigenvalue weighted by Gasteiger charge is 2.44. The maximum Gasteiger partial charge on any atom is 0.123 e. The van der Waals surface area contributed by atoms with E-state index in [9.17, 15) is 9.50 Å². The second-order valence-corrected chi connectivity index (χ2v) is 4.11. The van der Waals surface area contributed by atoms with Crippen molar-refractivity contribution in [3.63, 3.8) is 0 Å². The molecule has 0 heterocycles. The monoisotopic (exact) mass is 180 g/mol.